The van der Waals surface area contributed by atoms with Crippen molar-refractivity contribution < 1.29 is 17.9 Å². The minimum Gasteiger partial charge on any atom is -0.492 e. The molecule has 0 aromatic heterocycles. The molecule has 138 valence electrons. The van der Waals surface area contributed by atoms with E-state index in [1.54, 1.807) is 6.92 Å². The Morgan fingerprint density at radius 1 is 1.08 bits per heavy atom. The van der Waals surface area contributed by atoms with E-state index in [1.165, 1.54) is 41.8 Å². The van der Waals surface area contributed by atoms with Crippen molar-refractivity contribution >= 4 is 15.7 Å². The van der Waals surface area contributed by atoms with Crippen LogP contribution in [0.4, 0.5) is 0 Å². The molecule has 0 bridgehead atoms. The van der Waals surface area contributed by atoms with E-state index in [2.05, 4.69) is 17.4 Å². The molecule has 0 spiro atoms. The molecule has 0 saturated heterocycles. The molecule has 0 unspecified atom stereocenters. The molecule has 2 aromatic carbocycles. The van der Waals surface area contributed by atoms with Gasteiger partial charge in [0.2, 0.25) is 0 Å². The maximum Gasteiger partial charge on any atom is 0.251 e. The number of sulfone groups is 1. The van der Waals surface area contributed by atoms with Gasteiger partial charge in [-0.25, -0.2) is 8.42 Å². The van der Waals surface area contributed by atoms with Crippen molar-refractivity contribution in [3.63, 3.8) is 0 Å². The molecular formula is C20H23NO4S. The van der Waals surface area contributed by atoms with Crippen LogP contribution in [0.2, 0.25) is 0 Å². The standard InChI is InChI=1S/C20H23NO4S/c1-2-26(23,24)19-10-7-16(8-11-19)20(22)21-12-13-25-18-9-6-15-4-3-5-17(15)14-18/h6-11,14H,2-5,12-13H2,1H3,(H,21,22). The minimum absolute atomic E-state index is 0.0403. The summed E-state index contributed by atoms with van der Waals surface area (Å²) >= 11 is 0. The summed E-state index contributed by atoms with van der Waals surface area (Å²) in [5, 5.41) is 2.78. The second-order valence-electron chi connectivity index (χ2n) is 6.32. The fourth-order valence-corrected chi connectivity index (χ4v) is 3.94. The van der Waals surface area contributed by atoms with Gasteiger partial charge in [-0.3, -0.25) is 4.79 Å². The quantitative estimate of drug-likeness (QED) is 0.758. The third-order valence-corrected chi connectivity index (χ3v) is 6.33. The minimum atomic E-state index is -3.25. The predicted molar refractivity (Wildman–Crippen MR) is 100 cm³/mol. The number of hydrogen-bond acceptors (Lipinski definition) is 4. The Morgan fingerprint density at radius 2 is 1.81 bits per heavy atom. The van der Waals surface area contributed by atoms with Gasteiger partial charge in [0.15, 0.2) is 9.84 Å². The van der Waals surface area contributed by atoms with E-state index in [1.807, 2.05) is 6.07 Å². The van der Waals surface area contributed by atoms with E-state index in [0.717, 1.165) is 18.6 Å². The molecule has 1 amide bonds. The van der Waals surface area contributed by atoms with Crippen LogP contribution >= 0.6 is 0 Å². The van der Waals surface area contributed by atoms with Gasteiger partial charge >= 0.3 is 0 Å². The Hall–Kier alpha value is -2.34. The van der Waals surface area contributed by atoms with Crippen LogP contribution in [0.1, 0.15) is 34.8 Å². The number of fused-ring (bicyclic) bond motifs is 1. The fourth-order valence-electron chi connectivity index (χ4n) is 3.05. The lowest BCUT2D eigenvalue weighted by molar-refractivity contribution is 0.0947. The van der Waals surface area contributed by atoms with Crippen LogP contribution in [0.25, 0.3) is 0 Å². The van der Waals surface area contributed by atoms with Crippen LogP contribution in [0.3, 0.4) is 0 Å². The van der Waals surface area contributed by atoms with Gasteiger partial charge in [0.1, 0.15) is 12.4 Å². The highest BCUT2D eigenvalue weighted by Gasteiger charge is 2.13. The highest BCUT2D eigenvalue weighted by Crippen LogP contribution is 2.25. The molecule has 0 atom stereocenters. The fraction of sp³-hybridized carbons (Fsp3) is 0.350. The van der Waals surface area contributed by atoms with Crippen molar-refractivity contribution in [2.75, 3.05) is 18.9 Å². The van der Waals surface area contributed by atoms with Gasteiger partial charge in [0.25, 0.3) is 5.91 Å². The molecule has 1 N–H and O–H groups in total. The first-order chi connectivity index (χ1) is 12.5. The lowest BCUT2D eigenvalue weighted by Crippen LogP contribution is -2.28. The monoisotopic (exact) mass is 373 g/mol. The predicted octanol–water partition coefficient (Wildman–Crippen LogP) is 2.78. The second-order valence-corrected chi connectivity index (χ2v) is 8.59. The Bertz CT molecular complexity index is 889. The van der Waals surface area contributed by atoms with Crippen molar-refractivity contribution in [3.8, 4) is 5.75 Å². The number of nitrogens with one attached hydrogen (secondary N) is 1. The number of hydrogen-bond donors (Lipinski definition) is 1. The Morgan fingerprint density at radius 3 is 2.54 bits per heavy atom. The van der Waals surface area contributed by atoms with Gasteiger partial charge in [0, 0.05) is 5.56 Å². The van der Waals surface area contributed by atoms with Crippen LogP contribution in [0, 0.1) is 0 Å². The molecule has 6 heteroatoms. The lowest BCUT2D eigenvalue weighted by Gasteiger charge is -2.09. The Kier molecular flexibility index (Phi) is 5.61. The summed E-state index contributed by atoms with van der Waals surface area (Å²) in [6, 6.07) is 12.2. The third kappa shape index (κ3) is 4.25. The van der Waals surface area contributed by atoms with Gasteiger partial charge in [-0.05, 0) is 66.8 Å². The van der Waals surface area contributed by atoms with Crippen molar-refractivity contribution in [2.24, 2.45) is 0 Å². The summed E-state index contributed by atoms with van der Waals surface area (Å²) in [5.41, 5.74) is 3.19. The summed E-state index contributed by atoms with van der Waals surface area (Å²) in [7, 11) is -3.25. The highest BCUT2D eigenvalue weighted by atomic mass is 32.2. The summed E-state index contributed by atoms with van der Waals surface area (Å²) in [5.74, 6) is 0.621. The first-order valence-electron chi connectivity index (χ1n) is 8.85. The molecule has 1 aliphatic carbocycles. The zero-order chi connectivity index (χ0) is 18.6. The van der Waals surface area contributed by atoms with Gasteiger partial charge in [-0.1, -0.05) is 13.0 Å². The Balaban J connectivity index is 1.48. The molecule has 5 nitrogen and oxygen atoms in total. The average molecular weight is 373 g/mol. The third-order valence-electron chi connectivity index (χ3n) is 4.58. The van der Waals surface area contributed by atoms with Crippen molar-refractivity contribution in [1.29, 1.82) is 0 Å². The van der Waals surface area contributed by atoms with Crippen LogP contribution in [0.5, 0.6) is 5.75 Å². The van der Waals surface area contributed by atoms with E-state index < -0.39 is 9.84 Å². The van der Waals surface area contributed by atoms with E-state index in [0.29, 0.717) is 18.7 Å². The summed E-state index contributed by atoms with van der Waals surface area (Å²) in [4.78, 5) is 12.4. The second kappa shape index (κ2) is 7.91. The molecular weight excluding hydrogens is 350 g/mol. The number of benzene rings is 2. The number of carbonyl (C=O) groups is 1. The van der Waals surface area contributed by atoms with Gasteiger partial charge in [-0.15, -0.1) is 0 Å². The summed E-state index contributed by atoms with van der Waals surface area (Å²) < 4.78 is 29.3. The zero-order valence-corrected chi connectivity index (χ0v) is 15.6. The molecule has 26 heavy (non-hydrogen) atoms. The van der Waals surface area contributed by atoms with Crippen molar-refractivity contribution in [2.45, 2.75) is 31.1 Å². The van der Waals surface area contributed by atoms with Gasteiger partial charge in [-0.2, -0.15) is 0 Å². The van der Waals surface area contributed by atoms with Crippen molar-refractivity contribution in [3.05, 3.63) is 59.2 Å². The van der Waals surface area contributed by atoms with Crippen LogP contribution < -0.4 is 10.1 Å². The largest absolute Gasteiger partial charge is 0.492 e. The van der Waals surface area contributed by atoms with Crippen molar-refractivity contribution in [1.82, 2.24) is 5.32 Å². The number of rotatable bonds is 7. The maximum absolute atomic E-state index is 12.1. The number of amides is 1. The van der Waals surface area contributed by atoms with Gasteiger partial charge in [0.05, 0.1) is 17.2 Å². The first-order valence-corrected chi connectivity index (χ1v) is 10.5. The van der Waals surface area contributed by atoms with E-state index >= 15 is 0 Å². The topological polar surface area (TPSA) is 72.5 Å². The van der Waals surface area contributed by atoms with E-state index in [9.17, 15) is 13.2 Å². The van der Waals surface area contributed by atoms with Crippen LogP contribution in [-0.2, 0) is 22.7 Å². The number of carbonyl (C=O) groups excluding carboxylic acids is 1. The zero-order valence-electron chi connectivity index (χ0n) is 14.8. The molecule has 0 fully saturated rings. The van der Waals surface area contributed by atoms with Crippen LogP contribution in [-0.4, -0.2) is 33.2 Å². The number of ether oxygens (including phenoxy) is 1. The van der Waals surface area contributed by atoms with E-state index in [4.69, 9.17) is 4.74 Å². The Labute approximate surface area is 154 Å². The molecule has 2 aromatic rings. The summed E-state index contributed by atoms with van der Waals surface area (Å²) in [6.45, 7) is 2.36. The molecule has 0 saturated carbocycles. The van der Waals surface area contributed by atoms with E-state index in [-0.39, 0.29) is 16.6 Å². The molecule has 3 rings (SSSR count). The number of aryl methyl sites for hydroxylation is 2. The molecule has 0 radical (unpaired) electrons. The molecule has 1 aliphatic rings. The first kappa shape index (κ1) is 18.5. The van der Waals surface area contributed by atoms with Crippen LogP contribution in [0.15, 0.2) is 47.4 Å². The molecule has 0 aliphatic heterocycles. The molecule has 0 heterocycles. The summed E-state index contributed by atoms with van der Waals surface area (Å²) in [6.07, 6.45) is 3.45. The SMILES string of the molecule is CCS(=O)(=O)c1ccc(C(=O)NCCOc2ccc3c(c2)CCC3)cc1. The lowest BCUT2D eigenvalue weighted by atomic mass is 10.1. The average Bonchev–Trinajstić information content (AvgIpc) is 3.13. The normalized spacial score (nSPS) is 13.3. The smallest absolute Gasteiger partial charge is 0.251 e. The van der Waals surface area contributed by atoms with Gasteiger partial charge < -0.3 is 10.1 Å². The highest BCUT2D eigenvalue weighted by molar-refractivity contribution is 7.91. The maximum atomic E-state index is 12.1.